The summed E-state index contributed by atoms with van der Waals surface area (Å²) in [7, 11) is 0. The SMILES string of the molecule is CC1(C)[C@H](C(=O)O)[C@@H]1C(=O)Nc1ccc(CCC(=O)N2CCCC2)cc1. The zero-order chi connectivity index (χ0) is 18.9. The number of nitrogens with zero attached hydrogens (tertiary/aromatic N) is 1. The second kappa shape index (κ2) is 7.09. The standard InChI is InChI=1S/C20H26N2O4/c1-20(2)16(17(20)19(25)26)18(24)21-14-8-5-13(6-9-14)7-10-15(23)22-11-3-4-12-22/h5-6,8-9,16-17H,3-4,7,10-12H2,1-2H3,(H,21,24)(H,25,26)/t16-,17+/m1/s1. The number of hydrogen-bond acceptors (Lipinski definition) is 3. The summed E-state index contributed by atoms with van der Waals surface area (Å²) in [4.78, 5) is 37.5. The summed E-state index contributed by atoms with van der Waals surface area (Å²) in [5.41, 5.74) is 1.19. The van der Waals surface area contributed by atoms with Gasteiger partial charge in [0.25, 0.3) is 0 Å². The van der Waals surface area contributed by atoms with Gasteiger partial charge in [0.1, 0.15) is 0 Å². The van der Waals surface area contributed by atoms with Crippen molar-refractivity contribution in [2.24, 2.45) is 17.3 Å². The van der Waals surface area contributed by atoms with Crippen molar-refractivity contribution in [2.45, 2.75) is 39.5 Å². The lowest BCUT2D eigenvalue weighted by Crippen LogP contribution is -2.27. The van der Waals surface area contributed by atoms with Crippen LogP contribution in [0.15, 0.2) is 24.3 Å². The highest BCUT2D eigenvalue weighted by molar-refractivity contribution is 5.99. The normalized spacial score (nSPS) is 23.5. The zero-order valence-corrected chi connectivity index (χ0v) is 15.3. The largest absolute Gasteiger partial charge is 0.481 e. The first-order valence-electron chi connectivity index (χ1n) is 9.21. The number of likely N-dealkylation sites (tertiary alicyclic amines) is 1. The molecule has 0 radical (unpaired) electrons. The Bertz CT molecular complexity index is 705. The van der Waals surface area contributed by atoms with Crippen LogP contribution in [0.25, 0.3) is 0 Å². The Balaban J connectivity index is 1.51. The Hall–Kier alpha value is -2.37. The highest BCUT2D eigenvalue weighted by Gasteiger charge is 2.65. The molecule has 1 aliphatic carbocycles. The number of carboxylic acids is 1. The molecule has 0 aromatic heterocycles. The van der Waals surface area contributed by atoms with Crippen molar-refractivity contribution < 1.29 is 19.5 Å². The number of carboxylic acid groups (broad SMARTS) is 1. The number of benzene rings is 1. The van der Waals surface area contributed by atoms with Gasteiger partial charge in [-0.1, -0.05) is 26.0 Å². The van der Waals surface area contributed by atoms with Crippen LogP contribution >= 0.6 is 0 Å². The fraction of sp³-hybridized carbons (Fsp3) is 0.550. The van der Waals surface area contributed by atoms with E-state index in [4.69, 9.17) is 0 Å². The lowest BCUT2D eigenvalue weighted by Gasteiger charge is -2.15. The molecule has 1 saturated carbocycles. The van der Waals surface area contributed by atoms with Crippen molar-refractivity contribution >= 4 is 23.5 Å². The second-order valence-electron chi connectivity index (χ2n) is 7.89. The maximum Gasteiger partial charge on any atom is 0.307 e. The van der Waals surface area contributed by atoms with E-state index in [1.165, 1.54) is 0 Å². The molecule has 2 fully saturated rings. The molecule has 2 atom stereocenters. The van der Waals surface area contributed by atoms with Crippen molar-refractivity contribution in [3.8, 4) is 0 Å². The van der Waals surface area contributed by atoms with Crippen molar-refractivity contribution in [2.75, 3.05) is 18.4 Å². The molecule has 6 nitrogen and oxygen atoms in total. The monoisotopic (exact) mass is 358 g/mol. The molecular weight excluding hydrogens is 332 g/mol. The Labute approximate surface area is 153 Å². The molecule has 1 aromatic carbocycles. The van der Waals surface area contributed by atoms with Crippen LogP contribution in [-0.4, -0.2) is 40.9 Å². The molecular formula is C20H26N2O4. The van der Waals surface area contributed by atoms with Crippen LogP contribution < -0.4 is 5.32 Å². The number of carbonyl (C=O) groups is 3. The molecule has 2 aliphatic rings. The first kappa shape index (κ1) is 18.4. The third-order valence-electron chi connectivity index (χ3n) is 5.68. The number of aliphatic carboxylic acids is 1. The molecule has 0 unspecified atom stereocenters. The average Bonchev–Trinajstić information content (AvgIpc) is 2.96. The van der Waals surface area contributed by atoms with E-state index in [0.29, 0.717) is 18.5 Å². The first-order valence-corrected chi connectivity index (χ1v) is 9.21. The summed E-state index contributed by atoms with van der Waals surface area (Å²) in [5, 5.41) is 12.0. The van der Waals surface area contributed by atoms with Gasteiger partial charge in [-0.05, 0) is 42.4 Å². The Morgan fingerprint density at radius 1 is 1.12 bits per heavy atom. The lowest BCUT2D eigenvalue weighted by molar-refractivity contribution is -0.140. The van der Waals surface area contributed by atoms with Crippen LogP contribution in [0, 0.1) is 17.3 Å². The van der Waals surface area contributed by atoms with Crippen LogP contribution in [0.1, 0.15) is 38.7 Å². The smallest absolute Gasteiger partial charge is 0.307 e. The van der Waals surface area contributed by atoms with E-state index in [1.54, 1.807) is 26.0 Å². The quantitative estimate of drug-likeness (QED) is 0.818. The molecule has 2 N–H and O–H groups in total. The van der Waals surface area contributed by atoms with Gasteiger partial charge in [-0.2, -0.15) is 0 Å². The van der Waals surface area contributed by atoms with Crippen LogP contribution in [-0.2, 0) is 20.8 Å². The van der Waals surface area contributed by atoms with E-state index in [2.05, 4.69) is 5.32 Å². The van der Waals surface area contributed by atoms with E-state index < -0.39 is 23.2 Å². The van der Waals surface area contributed by atoms with Crippen LogP contribution in [0.4, 0.5) is 5.69 Å². The summed E-state index contributed by atoms with van der Waals surface area (Å²) in [6.07, 6.45) is 3.38. The molecule has 140 valence electrons. The van der Waals surface area contributed by atoms with Crippen molar-refractivity contribution in [1.29, 1.82) is 0 Å². The molecule has 1 aromatic rings. The molecule has 0 bridgehead atoms. The maximum absolute atomic E-state index is 12.3. The minimum Gasteiger partial charge on any atom is -0.481 e. The third kappa shape index (κ3) is 3.74. The van der Waals surface area contributed by atoms with Gasteiger partial charge >= 0.3 is 5.97 Å². The molecule has 2 amide bonds. The molecule has 3 rings (SSSR count). The maximum atomic E-state index is 12.3. The number of rotatable bonds is 6. The van der Waals surface area contributed by atoms with Crippen molar-refractivity contribution in [1.82, 2.24) is 4.90 Å². The number of amides is 2. The number of carbonyl (C=O) groups excluding carboxylic acids is 2. The molecule has 1 saturated heterocycles. The fourth-order valence-corrected chi connectivity index (χ4v) is 3.94. The molecule has 1 heterocycles. The van der Waals surface area contributed by atoms with Gasteiger partial charge in [-0.3, -0.25) is 14.4 Å². The Kier molecular flexibility index (Phi) is 5.03. The molecule has 1 aliphatic heterocycles. The Morgan fingerprint density at radius 2 is 1.73 bits per heavy atom. The van der Waals surface area contributed by atoms with Crippen molar-refractivity contribution in [3.05, 3.63) is 29.8 Å². The van der Waals surface area contributed by atoms with Crippen LogP contribution in [0.3, 0.4) is 0 Å². The summed E-state index contributed by atoms with van der Waals surface area (Å²) in [6, 6.07) is 7.41. The predicted molar refractivity (Wildman–Crippen MR) is 97.6 cm³/mol. The van der Waals surface area contributed by atoms with E-state index in [9.17, 15) is 19.5 Å². The van der Waals surface area contributed by atoms with Crippen LogP contribution in [0.5, 0.6) is 0 Å². The summed E-state index contributed by atoms with van der Waals surface area (Å²) in [6.45, 7) is 5.35. The third-order valence-corrected chi connectivity index (χ3v) is 5.68. The molecule has 6 heteroatoms. The summed E-state index contributed by atoms with van der Waals surface area (Å²) >= 11 is 0. The van der Waals surface area contributed by atoms with Gasteiger partial charge in [0.05, 0.1) is 11.8 Å². The van der Waals surface area contributed by atoms with Gasteiger partial charge < -0.3 is 15.3 Å². The fourth-order valence-electron chi connectivity index (χ4n) is 3.94. The van der Waals surface area contributed by atoms with Gasteiger partial charge in [-0.25, -0.2) is 0 Å². The van der Waals surface area contributed by atoms with Gasteiger partial charge in [-0.15, -0.1) is 0 Å². The molecule has 26 heavy (non-hydrogen) atoms. The van der Waals surface area contributed by atoms with Crippen molar-refractivity contribution in [3.63, 3.8) is 0 Å². The number of aryl methyl sites for hydroxylation is 1. The van der Waals surface area contributed by atoms with Gasteiger partial charge in [0, 0.05) is 25.2 Å². The number of hydrogen-bond donors (Lipinski definition) is 2. The summed E-state index contributed by atoms with van der Waals surface area (Å²) in [5.74, 6) is -2.10. The predicted octanol–water partition coefficient (Wildman–Crippen LogP) is 2.54. The topological polar surface area (TPSA) is 86.7 Å². The zero-order valence-electron chi connectivity index (χ0n) is 15.3. The van der Waals surface area contributed by atoms with E-state index in [1.807, 2.05) is 17.0 Å². The minimum absolute atomic E-state index is 0.204. The second-order valence-corrected chi connectivity index (χ2v) is 7.89. The number of anilines is 1. The average molecular weight is 358 g/mol. The number of nitrogens with one attached hydrogen (secondary N) is 1. The van der Waals surface area contributed by atoms with E-state index in [0.717, 1.165) is 31.5 Å². The molecule has 0 spiro atoms. The first-order chi connectivity index (χ1) is 12.3. The summed E-state index contributed by atoms with van der Waals surface area (Å²) < 4.78 is 0. The van der Waals surface area contributed by atoms with Gasteiger partial charge in [0.2, 0.25) is 11.8 Å². The van der Waals surface area contributed by atoms with Gasteiger partial charge in [0.15, 0.2) is 0 Å². The minimum atomic E-state index is -0.923. The highest BCUT2D eigenvalue weighted by Crippen LogP contribution is 2.58. The Morgan fingerprint density at radius 3 is 2.27 bits per heavy atom. The van der Waals surface area contributed by atoms with E-state index >= 15 is 0 Å². The highest BCUT2D eigenvalue weighted by atomic mass is 16.4. The van der Waals surface area contributed by atoms with E-state index in [-0.39, 0.29) is 11.8 Å². The lowest BCUT2D eigenvalue weighted by atomic mass is 10.1. The van der Waals surface area contributed by atoms with Crippen LogP contribution in [0.2, 0.25) is 0 Å².